The Labute approximate surface area is 153 Å². The third-order valence-electron chi connectivity index (χ3n) is 3.64. The zero-order valence-corrected chi connectivity index (χ0v) is 15.6. The lowest BCUT2D eigenvalue weighted by molar-refractivity contribution is -0.130. The van der Waals surface area contributed by atoms with Gasteiger partial charge in [-0.25, -0.2) is 4.79 Å². The molecular formula is C18H25ClN2O4. The van der Waals surface area contributed by atoms with E-state index in [9.17, 15) is 9.59 Å². The van der Waals surface area contributed by atoms with E-state index >= 15 is 0 Å². The maximum absolute atomic E-state index is 12.2. The lowest BCUT2D eigenvalue weighted by Crippen LogP contribution is -2.42. The van der Waals surface area contributed by atoms with Gasteiger partial charge in [-0.1, -0.05) is 23.7 Å². The van der Waals surface area contributed by atoms with Crippen LogP contribution in [0.25, 0.3) is 0 Å². The Morgan fingerprint density at radius 3 is 2.76 bits per heavy atom. The minimum atomic E-state index is -0.607. The van der Waals surface area contributed by atoms with Crippen molar-refractivity contribution in [3.05, 3.63) is 34.9 Å². The molecule has 0 radical (unpaired) electrons. The molecule has 1 heterocycles. The smallest absolute Gasteiger partial charge is 0.408 e. The van der Waals surface area contributed by atoms with Gasteiger partial charge in [-0.2, -0.15) is 0 Å². The standard InChI is InChI=1S/C18H25ClN2O4/c1-18(2,3)25-17(23)21-14(12-6-4-7-13(19)10-12)11-20-16(22)15-8-5-9-24-15/h4,6-7,10,14-15H,5,8-9,11H2,1-3H3,(H,20,22)(H,21,23). The van der Waals surface area contributed by atoms with Crippen molar-refractivity contribution >= 4 is 23.6 Å². The number of carbonyl (C=O) groups is 2. The number of rotatable bonds is 5. The molecular weight excluding hydrogens is 344 g/mol. The fourth-order valence-corrected chi connectivity index (χ4v) is 2.73. The van der Waals surface area contributed by atoms with Crippen LogP contribution in [0.4, 0.5) is 4.79 Å². The lowest BCUT2D eigenvalue weighted by Gasteiger charge is -2.24. The van der Waals surface area contributed by atoms with Crippen molar-refractivity contribution in [3.8, 4) is 0 Å². The Balaban J connectivity index is 2.03. The minimum Gasteiger partial charge on any atom is -0.444 e. The number of amides is 2. The number of hydrogen-bond acceptors (Lipinski definition) is 4. The summed E-state index contributed by atoms with van der Waals surface area (Å²) in [5.41, 5.74) is 0.176. The molecule has 2 unspecified atom stereocenters. The zero-order valence-electron chi connectivity index (χ0n) is 14.8. The van der Waals surface area contributed by atoms with Gasteiger partial charge in [0.1, 0.15) is 11.7 Å². The summed E-state index contributed by atoms with van der Waals surface area (Å²) in [6.07, 6.45) is 0.629. The van der Waals surface area contributed by atoms with E-state index in [-0.39, 0.29) is 12.5 Å². The highest BCUT2D eigenvalue weighted by Crippen LogP contribution is 2.19. The van der Waals surface area contributed by atoms with Gasteiger partial charge in [0.25, 0.3) is 0 Å². The second-order valence-electron chi connectivity index (χ2n) is 7.00. The molecule has 25 heavy (non-hydrogen) atoms. The molecule has 138 valence electrons. The normalized spacial score (nSPS) is 18.5. The van der Waals surface area contributed by atoms with Crippen molar-refractivity contribution in [1.82, 2.24) is 10.6 Å². The molecule has 0 saturated carbocycles. The monoisotopic (exact) mass is 368 g/mol. The Hall–Kier alpha value is -1.79. The molecule has 1 aromatic rings. The predicted octanol–water partition coefficient (Wildman–Crippen LogP) is 3.20. The summed E-state index contributed by atoms with van der Waals surface area (Å²) < 4.78 is 10.7. The van der Waals surface area contributed by atoms with E-state index in [2.05, 4.69) is 10.6 Å². The Kier molecular flexibility index (Phi) is 6.67. The molecule has 2 rings (SSSR count). The van der Waals surface area contributed by atoms with Crippen LogP contribution in [0.5, 0.6) is 0 Å². The van der Waals surface area contributed by atoms with Gasteiger partial charge in [0.05, 0.1) is 6.04 Å². The van der Waals surface area contributed by atoms with E-state index < -0.39 is 23.8 Å². The first-order valence-corrected chi connectivity index (χ1v) is 8.77. The second kappa shape index (κ2) is 8.54. The number of benzene rings is 1. The molecule has 2 amide bonds. The molecule has 1 saturated heterocycles. The lowest BCUT2D eigenvalue weighted by atomic mass is 10.1. The zero-order chi connectivity index (χ0) is 18.4. The average molecular weight is 369 g/mol. The Morgan fingerprint density at radius 2 is 2.16 bits per heavy atom. The number of hydrogen-bond donors (Lipinski definition) is 2. The van der Waals surface area contributed by atoms with Crippen molar-refractivity contribution in [2.24, 2.45) is 0 Å². The fourth-order valence-electron chi connectivity index (χ4n) is 2.53. The summed E-state index contributed by atoms with van der Waals surface area (Å²) in [5.74, 6) is -0.171. The SMILES string of the molecule is CC(C)(C)OC(=O)NC(CNC(=O)C1CCCO1)c1cccc(Cl)c1. The molecule has 6 nitrogen and oxygen atoms in total. The molecule has 1 aromatic carbocycles. The molecule has 0 spiro atoms. The van der Waals surface area contributed by atoms with Gasteiger partial charge < -0.3 is 20.1 Å². The Morgan fingerprint density at radius 1 is 1.40 bits per heavy atom. The number of alkyl carbamates (subject to hydrolysis) is 1. The Bertz CT molecular complexity index is 609. The van der Waals surface area contributed by atoms with Crippen molar-refractivity contribution in [1.29, 1.82) is 0 Å². The molecule has 7 heteroatoms. The fraction of sp³-hybridized carbons (Fsp3) is 0.556. The first-order chi connectivity index (χ1) is 11.7. The first kappa shape index (κ1) is 19.5. The first-order valence-electron chi connectivity index (χ1n) is 8.39. The number of halogens is 1. The van der Waals surface area contributed by atoms with Gasteiger partial charge in [0.2, 0.25) is 5.91 Å². The van der Waals surface area contributed by atoms with Crippen molar-refractivity contribution in [2.75, 3.05) is 13.2 Å². The van der Waals surface area contributed by atoms with E-state index in [1.54, 1.807) is 39.0 Å². The van der Waals surface area contributed by atoms with Crippen LogP contribution in [-0.2, 0) is 14.3 Å². The van der Waals surface area contributed by atoms with Gasteiger partial charge in [0.15, 0.2) is 0 Å². The van der Waals surface area contributed by atoms with E-state index in [1.165, 1.54) is 0 Å². The summed E-state index contributed by atoms with van der Waals surface area (Å²) in [6, 6.07) is 6.68. The predicted molar refractivity (Wildman–Crippen MR) is 95.5 cm³/mol. The summed E-state index contributed by atoms with van der Waals surface area (Å²) >= 11 is 6.05. The second-order valence-corrected chi connectivity index (χ2v) is 7.44. The van der Waals surface area contributed by atoms with Crippen molar-refractivity contribution in [2.45, 2.75) is 51.4 Å². The van der Waals surface area contributed by atoms with Crippen LogP contribution in [0.15, 0.2) is 24.3 Å². The van der Waals surface area contributed by atoms with Crippen LogP contribution >= 0.6 is 11.6 Å². The molecule has 1 fully saturated rings. The van der Waals surface area contributed by atoms with Crippen LogP contribution in [0, 0.1) is 0 Å². The van der Waals surface area contributed by atoms with Crippen LogP contribution in [0.3, 0.4) is 0 Å². The highest BCUT2D eigenvalue weighted by Gasteiger charge is 2.25. The van der Waals surface area contributed by atoms with Crippen molar-refractivity contribution < 1.29 is 19.1 Å². The average Bonchev–Trinajstić information content (AvgIpc) is 3.03. The topological polar surface area (TPSA) is 76.7 Å². The van der Waals surface area contributed by atoms with Gasteiger partial charge in [0, 0.05) is 18.2 Å². The quantitative estimate of drug-likeness (QED) is 0.836. The molecule has 0 aromatic heterocycles. The molecule has 2 N–H and O–H groups in total. The molecule has 0 bridgehead atoms. The van der Waals surface area contributed by atoms with Crippen molar-refractivity contribution in [3.63, 3.8) is 0 Å². The summed E-state index contributed by atoms with van der Waals surface area (Å²) in [6.45, 7) is 6.20. The van der Waals surface area contributed by atoms with E-state index in [0.29, 0.717) is 18.1 Å². The third-order valence-corrected chi connectivity index (χ3v) is 3.88. The highest BCUT2D eigenvalue weighted by molar-refractivity contribution is 6.30. The van der Waals surface area contributed by atoms with E-state index in [1.807, 2.05) is 6.07 Å². The maximum Gasteiger partial charge on any atom is 0.408 e. The van der Waals surface area contributed by atoms with E-state index in [4.69, 9.17) is 21.1 Å². The van der Waals surface area contributed by atoms with Gasteiger partial charge in [-0.15, -0.1) is 0 Å². The molecule has 2 atom stereocenters. The highest BCUT2D eigenvalue weighted by atomic mass is 35.5. The van der Waals surface area contributed by atoms with Crippen LogP contribution in [0.1, 0.15) is 45.2 Å². The number of ether oxygens (including phenoxy) is 2. The molecule has 1 aliphatic rings. The van der Waals surface area contributed by atoms with Gasteiger partial charge >= 0.3 is 6.09 Å². The third kappa shape index (κ3) is 6.55. The summed E-state index contributed by atoms with van der Waals surface area (Å²) in [4.78, 5) is 24.3. The van der Waals surface area contributed by atoms with Crippen LogP contribution < -0.4 is 10.6 Å². The largest absolute Gasteiger partial charge is 0.444 e. The summed E-state index contributed by atoms with van der Waals surface area (Å²) in [7, 11) is 0. The number of nitrogens with one attached hydrogen (secondary N) is 2. The van der Waals surface area contributed by atoms with Crippen LogP contribution in [-0.4, -0.2) is 36.9 Å². The minimum absolute atomic E-state index is 0.171. The summed E-state index contributed by atoms with van der Waals surface area (Å²) in [5, 5.41) is 6.18. The van der Waals surface area contributed by atoms with Gasteiger partial charge in [-0.05, 0) is 51.3 Å². The molecule has 0 aliphatic carbocycles. The van der Waals surface area contributed by atoms with Crippen LogP contribution in [0.2, 0.25) is 5.02 Å². The molecule has 1 aliphatic heterocycles. The maximum atomic E-state index is 12.2. The number of carbonyl (C=O) groups excluding carboxylic acids is 2. The van der Waals surface area contributed by atoms with E-state index in [0.717, 1.165) is 12.0 Å². The van der Waals surface area contributed by atoms with Gasteiger partial charge in [-0.3, -0.25) is 4.79 Å².